The van der Waals surface area contributed by atoms with E-state index in [2.05, 4.69) is 22.5 Å². The van der Waals surface area contributed by atoms with Crippen LogP contribution in [-0.2, 0) is 11.2 Å². The maximum atomic E-state index is 13.7. The Bertz CT molecular complexity index is 628. The summed E-state index contributed by atoms with van der Waals surface area (Å²) in [5.41, 5.74) is 1.97. The van der Waals surface area contributed by atoms with E-state index in [1.165, 1.54) is 12.5 Å². The van der Waals surface area contributed by atoms with Crippen LogP contribution in [0.2, 0.25) is 0 Å². The number of aryl methyl sites for hydroxylation is 1. The summed E-state index contributed by atoms with van der Waals surface area (Å²) in [6.07, 6.45) is 1.66. The molecule has 1 heterocycles. The summed E-state index contributed by atoms with van der Waals surface area (Å²) in [5.74, 6) is 1.08. The first-order chi connectivity index (χ1) is 10.5. The summed E-state index contributed by atoms with van der Waals surface area (Å²) in [7, 11) is 0. The van der Waals surface area contributed by atoms with Crippen LogP contribution >= 0.6 is 0 Å². The summed E-state index contributed by atoms with van der Waals surface area (Å²) in [5, 5.41) is 6.02. The standard InChI is InChI=1S/C17H22FN3O/c1-4-11-7-12(5-6-14(11)18)13-8-15-16(9(13)2)21-17(20-15)19-10(3)22/h5-7,9,13,15-16H,4,8H2,1-3H3,(H2,19,20,21,22)/t9-,13-,15?,16?/m0/s1. The third kappa shape index (κ3) is 2.60. The number of nitrogens with one attached hydrogen (secondary N) is 2. The van der Waals surface area contributed by atoms with Gasteiger partial charge in [-0.25, -0.2) is 9.38 Å². The van der Waals surface area contributed by atoms with Gasteiger partial charge in [-0.15, -0.1) is 0 Å². The number of aliphatic imine (C=N–C) groups is 1. The third-order valence-electron chi connectivity index (χ3n) is 4.87. The predicted octanol–water partition coefficient (Wildman–Crippen LogP) is 2.34. The van der Waals surface area contributed by atoms with Crippen LogP contribution < -0.4 is 10.6 Å². The molecule has 2 aliphatic rings. The van der Waals surface area contributed by atoms with E-state index in [0.29, 0.717) is 24.2 Å². The van der Waals surface area contributed by atoms with Gasteiger partial charge in [0.05, 0.1) is 12.1 Å². The van der Waals surface area contributed by atoms with Gasteiger partial charge in [-0.1, -0.05) is 26.0 Å². The van der Waals surface area contributed by atoms with Crippen LogP contribution in [0.4, 0.5) is 4.39 Å². The molecule has 1 aliphatic heterocycles. The molecule has 5 heteroatoms. The highest BCUT2D eigenvalue weighted by molar-refractivity contribution is 5.97. The van der Waals surface area contributed by atoms with Gasteiger partial charge in [0.1, 0.15) is 5.82 Å². The van der Waals surface area contributed by atoms with E-state index in [1.54, 1.807) is 6.07 Å². The largest absolute Gasteiger partial charge is 0.351 e. The van der Waals surface area contributed by atoms with Crippen molar-refractivity contribution in [3.63, 3.8) is 0 Å². The van der Waals surface area contributed by atoms with Crippen molar-refractivity contribution in [3.8, 4) is 0 Å². The highest BCUT2D eigenvalue weighted by Gasteiger charge is 2.45. The van der Waals surface area contributed by atoms with E-state index in [-0.39, 0.29) is 23.8 Å². The van der Waals surface area contributed by atoms with Gasteiger partial charge in [0, 0.05) is 6.92 Å². The zero-order valence-electron chi connectivity index (χ0n) is 13.2. The van der Waals surface area contributed by atoms with Gasteiger partial charge in [-0.05, 0) is 41.9 Å². The number of rotatable bonds is 2. The van der Waals surface area contributed by atoms with E-state index in [1.807, 2.05) is 19.1 Å². The predicted molar refractivity (Wildman–Crippen MR) is 84.3 cm³/mol. The second-order valence-corrected chi connectivity index (χ2v) is 6.31. The van der Waals surface area contributed by atoms with Crippen LogP contribution in [0, 0.1) is 11.7 Å². The summed E-state index contributed by atoms with van der Waals surface area (Å²) in [6, 6.07) is 5.89. The zero-order chi connectivity index (χ0) is 15.9. The van der Waals surface area contributed by atoms with E-state index in [4.69, 9.17) is 0 Å². The van der Waals surface area contributed by atoms with Crippen molar-refractivity contribution in [2.45, 2.75) is 51.6 Å². The first-order valence-corrected chi connectivity index (χ1v) is 7.89. The molecule has 4 atom stereocenters. The van der Waals surface area contributed by atoms with Crippen LogP contribution in [0.15, 0.2) is 23.2 Å². The Kier molecular flexibility index (Phi) is 3.89. The van der Waals surface area contributed by atoms with Crippen LogP contribution in [0.3, 0.4) is 0 Å². The van der Waals surface area contributed by atoms with Crippen LogP contribution in [0.1, 0.15) is 44.2 Å². The Morgan fingerprint density at radius 2 is 2.27 bits per heavy atom. The lowest BCUT2D eigenvalue weighted by Crippen LogP contribution is -2.41. The average Bonchev–Trinajstić information content (AvgIpc) is 2.98. The SMILES string of the molecule is CCc1cc([C@H]2CC3NC(NC(C)=O)=NC3[C@H]2C)ccc1F. The molecule has 2 unspecified atom stereocenters. The normalized spacial score (nSPS) is 29.7. The van der Waals surface area contributed by atoms with Crippen LogP contribution in [0.5, 0.6) is 0 Å². The van der Waals surface area contributed by atoms with Gasteiger partial charge in [-0.3, -0.25) is 10.1 Å². The summed E-state index contributed by atoms with van der Waals surface area (Å²) >= 11 is 0. The Hall–Kier alpha value is -1.91. The molecule has 1 fully saturated rings. The molecule has 0 aromatic heterocycles. The van der Waals surface area contributed by atoms with Crippen molar-refractivity contribution in [1.82, 2.24) is 10.6 Å². The van der Waals surface area contributed by atoms with Crippen LogP contribution in [-0.4, -0.2) is 24.0 Å². The molecular formula is C17H22FN3O. The molecule has 0 saturated heterocycles. The molecule has 0 spiro atoms. The summed E-state index contributed by atoms with van der Waals surface area (Å²) < 4.78 is 13.7. The zero-order valence-corrected chi connectivity index (χ0v) is 13.2. The van der Waals surface area contributed by atoms with E-state index >= 15 is 0 Å². The molecule has 118 valence electrons. The first kappa shape index (κ1) is 15.0. The van der Waals surface area contributed by atoms with Crippen LogP contribution in [0.25, 0.3) is 0 Å². The smallest absolute Gasteiger partial charge is 0.223 e. The van der Waals surface area contributed by atoms with E-state index in [9.17, 15) is 9.18 Å². The van der Waals surface area contributed by atoms with Crippen molar-refractivity contribution in [3.05, 3.63) is 35.1 Å². The fourth-order valence-corrected chi connectivity index (χ4v) is 3.72. The Labute approximate surface area is 130 Å². The summed E-state index contributed by atoms with van der Waals surface area (Å²) in [4.78, 5) is 15.7. The molecule has 1 aromatic carbocycles. The number of carbonyl (C=O) groups excluding carboxylic acids is 1. The number of hydrogen-bond donors (Lipinski definition) is 2. The van der Waals surface area contributed by atoms with Crippen molar-refractivity contribution in [2.24, 2.45) is 10.9 Å². The highest BCUT2D eigenvalue weighted by Crippen LogP contribution is 2.43. The van der Waals surface area contributed by atoms with Gasteiger partial charge in [0.15, 0.2) is 5.96 Å². The minimum Gasteiger partial charge on any atom is -0.351 e. The monoisotopic (exact) mass is 303 g/mol. The second-order valence-electron chi connectivity index (χ2n) is 6.31. The molecule has 0 radical (unpaired) electrons. The minimum atomic E-state index is -0.124. The molecule has 4 nitrogen and oxygen atoms in total. The molecule has 1 amide bonds. The number of fused-ring (bicyclic) bond motifs is 1. The molecular weight excluding hydrogens is 281 g/mol. The third-order valence-corrected chi connectivity index (χ3v) is 4.87. The molecule has 0 bridgehead atoms. The van der Waals surface area contributed by atoms with Gasteiger partial charge in [0.2, 0.25) is 5.91 Å². The van der Waals surface area contributed by atoms with Gasteiger partial charge in [0.25, 0.3) is 0 Å². The molecule has 1 aliphatic carbocycles. The van der Waals surface area contributed by atoms with E-state index in [0.717, 1.165) is 12.0 Å². The Morgan fingerprint density at radius 1 is 1.50 bits per heavy atom. The van der Waals surface area contributed by atoms with Gasteiger partial charge < -0.3 is 5.32 Å². The lowest BCUT2D eigenvalue weighted by atomic mass is 9.88. The maximum absolute atomic E-state index is 13.7. The topological polar surface area (TPSA) is 53.5 Å². The quantitative estimate of drug-likeness (QED) is 0.881. The Balaban J connectivity index is 1.79. The minimum absolute atomic E-state index is 0.110. The highest BCUT2D eigenvalue weighted by atomic mass is 19.1. The fraction of sp³-hybridized carbons (Fsp3) is 0.529. The molecule has 2 N–H and O–H groups in total. The van der Waals surface area contributed by atoms with Crippen molar-refractivity contribution < 1.29 is 9.18 Å². The van der Waals surface area contributed by atoms with Crippen molar-refractivity contribution >= 4 is 11.9 Å². The Morgan fingerprint density at radius 3 is 2.91 bits per heavy atom. The van der Waals surface area contributed by atoms with Gasteiger partial charge >= 0.3 is 0 Å². The number of halogens is 1. The fourth-order valence-electron chi connectivity index (χ4n) is 3.72. The van der Waals surface area contributed by atoms with Crippen molar-refractivity contribution in [1.29, 1.82) is 0 Å². The lowest BCUT2D eigenvalue weighted by Gasteiger charge is -2.19. The summed E-state index contributed by atoms with van der Waals surface area (Å²) in [6.45, 7) is 5.64. The number of benzene rings is 1. The lowest BCUT2D eigenvalue weighted by molar-refractivity contribution is -0.117. The number of nitrogens with zero attached hydrogens (tertiary/aromatic N) is 1. The average molecular weight is 303 g/mol. The second kappa shape index (κ2) is 5.71. The molecule has 1 saturated carbocycles. The number of amides is 1. The molecule has 22 heavy (non-hydrogen) atoms. The molecule has 1 aromatic rings. The number of guanidine groups is 1. The number of hydrogen-bond acceptors (Lipinski definition) is 3. The number of carbonyl (C=O) groups is 1. The molecule has 3 rings (SSSR count). The first-order valence-electron chi connectivity index (χ1n) is 7.89. The van der Waals surface area contributed by atoms with Gasteiger partial charge in [-0.2, -0.15) is 0 Å². The van der Waals surface area contributed by atoms with E-state index < -0.39 is 0 Å². The van der Waals surface area contributed by atoms with Crippen molar-refractivity contribution in [2.75, 3.05) is 0 Å². The maximum Gasteiger partial charge on any atom is 0.223 e.